The molecular weight excluding hydrogens is 416 g/mol. The highest BCUT2D eigenvalue weighted by Crippen LogP contribution is 2.21. The van der Waals surface area contributed by atoms with Crippen molar-refractivity contribution < 1.29 is 18.3 Å². The van der Waals surface area contributed by atoms with E-state index in [0.717, 1.165) is 0 Å². The van der Waals surface area contributed by atoms with Gasteiger partial charge < -0.3 is 10.0 Å². The third-order valence-corrected chi connectivity index (χ3v) is 6.79. The minimum atomic E-state index is -3.37. The second kappa shape index (κ2) is 8.34. The average molecular weight is 436 g/mol. The number of aliphatic hydroxyl groups excluding tert-OH is 1. The van der Waals surface area contributed by atoms with Crippen LogP contribution in [0.15, 0.2) is 61.1 Å². The normalized spacial score (nSPS) is 19.4. The molecule has 8 nitrogen and oxygen atoms in total. The summed E-state index contributed by atoms with van der Waals surface area (Å²) < 4.78 is 25.3. The van der Waals surface area contributed by atoms with Gasteiger partial charge in [0, 0.05) is 31.2 Å². The minimum absolute atomic E-state index is 0.256. The first kappa shape index (κ1) is 20.8. The van der Waals surface area contributed by atoms with Gasteiger partial charge in [-0.15, -0.1) is 0 Å². The van der Waals surface area contributed by atoms with E-state index in [0.29, 0.717) is 22.5 Å². The fourth-order valence-electron chi connectivity index (χ4n) is 3.48. The van der Waals surface area contributed by atoms with Crippen molar-refractivity contribution in [2.24, 2.45) is 0 Å². The Hall–Kier alpha value is -3.48. The van der Waals surface area contributed by atoms with Crippen LogP contribution in [0.5, 0.6) is 0 Å². The predicted molar refractivity (Wildman–Crippen MR) is 114 cm³/mol. The molecule has 31 heavy (non-hydrogen) atoms. The molecule has 2 aromatic heterocycles. The van der Waals surface area contributed by atoms with E-state index in [2.05, 4.69) is 21.9 Å². The second-order valence-electron chi connectivity index (χ2n) is 7.28. The zero-order valence-electron chi connectivity index (χ0n) is 16.7. The van der Waals surface area contributed by atoms with E-state index in [4.69, 9.17) is 0 Å². The van der Waals surface area contributed by atoms with Crippen LogP contribution in [0.1, 0.15) is 21.6 Å². The van der Waals surface area contributed by atoms with Gasteiger partial charge in [0.05, 0.1) is 34.9 Å². The molecule has 1 N–H and O–H groups in total. The molecule has 1 aromatic carbocycles. The summed E-state index contributed by atoms with van der Waals surface area (Å²) in [5.41, 5.74) is 2.17. The Kier molecular flexibility index (Phi) is 5.59. The maximum Gasteiger partial charge on any atom is 0.254 e. The first-order chi connectivity index (χ1) is 14.8. The molecule has 1 amide bonds. The predicted octanol–water partition coefficient (Wildman–Crippen LogP) is 0.897. The number of pyridine rings is 1. The van der Waals surface area contributed by atoms with Gasteiger partial charge in [0.1, 0.15) is 5.69 Å². The number of carbonyl (C=O) groups excluding carboxylic acids is 1. The van der Waals surface area contributed by atoms with Crippen molar-refractivity contribution in [1.29, 1.82) is 0 Å². The van der Waals surface area contributed by atoms with E-state index in [1.54, 1.807) is 59.7 Å². The Morgan fingerprint density at radius 2 is 2.00 bits per heavy atom. The molecule has 0 radical (unpaired) electrons. The molecule has 3 aromatic rings. The van der Waals surface area contributed by atoms with Crippen molar-refractivity contribution in [1.82, 2.24) is 19.7 Å². The van der Waals surface area contributed by atoms with Crippen molar-refractivity contribution in [2.75, 3.05) is 18.6 Å². The number of rotatable bonds is 3. The Bertz CT molecular complexity index is 1260. The number of benzene rings is 1. The number of hydrogen-bond donors (Lipinski definition) is 1. The van der Waals surface area contributed by atoms with E-state index >= 15 is 0 Å². The van der Waals surface area contributed by atoms with E-state index in [1.807, 2.05) is 6.07 Å². The van der Waals surface area contributed by atoms with Gasteiger partial charge >= 0.3 is 0 Å². The Morgan fingerprint density at radius 1 is 1.16 bits per heavy atom. The molecule has 0 aliphatic carbocycles. The van der Waals surface area contributed by atoms with E-state index in [1.165, 1.54) is 11.9 Å². The summed E-state index contributed by atoms with van der Waals surface area (Å²) in [7, 11) is -1.88. The van der Waals surface area contributed by atoms with Crippen molar-refractivity contribution in [3.63, 3.8) is 0 Å². The summed E-state index contributed by atoms with van der Waals surface area (Å²) in [5, 5.41) is 14.3. The summed E-state index contributed by atoms with van der Waals surface area (Å²) in [6.45, 7) is 0. The summed E-state index contributed by atoms with van der Waals surface area (Å²) >= 11 is 0. The fraction of sp³-hybridized carbons (Fsp3) is 0.227. The largest absolute Gasteiger partial charge is 0.390 e. The lowest BCUT2D eigenvalue weighted by Gasteiger charge is -2.26. The van der Waals surface area contributed by atoms with Crippen molar-refractivity contribution in [2.45, 2.75) is 12.1 Å². The van der Waals surface area contributed by atoms with Crippen LogP contribution in [0.3, 0.4) is 0 Å². The molecule has 0 saturated carbocycles. The van der Waals surface area contributed by atoms with Gasteiger partial charge in [-0.2, -0.15) is 5.10 Å². The van der Waals surface area contributed by atoms with Gasteiger partial charge in [0.15, 0.2) is 9.84 Å². The highest BCUT2D eigenvalue weighted by atomic mass is 32.2. The lowest BCUT2D eigenvalue weighted by molar-refractivity contribution is 0.0581. The number of aliphatic hydroxyl groups is 1. The molecule has 4 rings (SSSR count). The van der Waals surface area contributed by atoms with Crippen LogP contribution in [0.25, 0.3) is 5.69 Å². The standard InChI is InChI=1S/C22H20N4O4S/c1-25(20-14-31(29,30)15-21(20)27)22(28)17-7-9-19(26-12-4-11-24-26)16(13-17)6-8-18-5-2-3-10-23-18/h2-5,7,9-13,20-21,27H,14-15H2,1H3/t20-,21-/m1/s1. The number of sulfone groups is 1. The van der Waals surface area contributed by atoms with E-state index in [-0.39, 0.29) is 11.5 Å². The zero-order chi connectivity index (χ0) is 22.0. The van der Waals surface area contributed by atoms with Gasteiger partial charge in [0.2, 0.25) is 0 Å². The summed E-state index contributed by atoms with van der Waals surface area (Å²) in [4.78, 5) is 18.5. The average Bonchev–Trinajstić information content (AvgIpc) is 3.39. The topological polar surface area (TPSA) is 105 Å². The first-order valence-electron chi connectivity index (χ1n) is 9.57. The van der Waals surface area contributed by atoms with Crippen LogP contribution in [0.4, 0.5) is 0 Å². The van der Waals surface area contributed by atoms with Crippen LogP contribution in [0.2, 0.25) is 0 Å². The molecule has 1 saturated heterocycles. The molecule has 158 valence electrons. The van der Waals surface area contributed by atoms with Crippen molar-refractivity contribution in [3.8, 4) is 17.5 Å². The number of amides is 1. The molecule has 0 bridgehead atoms. The zero-order valence-corrected chi connectivity index (χ0v) is 17.5. The van der Waals surface area contributed by atoms with E-state index in [9.17, 15) is 18.3 Å². The number of nitrogens with zero attached hydrogens (tertiary/aromatic N) is 4. The van der Waals surface area contributed by atoms with Crippen LogP contribution in [0, 0.1) is 11.8 Å². The Morgan fingerprint density at radius 3 is 2.65 bits per heavy atom. The fourth-order valence-corrected chi connectivity index (χ4v) is 5.33. The van der Waals surface area contributed by atoms with Crippen molar-refractivity contribution >= 4 is 15.7 Å². The van der Waals surface area contributed by atoms with Gasteiger partial charge in [-0.1, -0.05) is 12.0 Å². The SMILES string of the molecule is CN(C(=O)c1ccc(-n2cccn2)c(C#Cc2ccccn2)c1)[C@@H]1CS(=O)(=O)C[C@H]1O. The Balaban J connectivity index is 1.69. The molecule has 9 heteroatoms. The van der Waals surface area contributed by atoms with E-state index < -0.39 is 27.9 Å². The van der Waals surface area contributed by atoms with Crippen LogP contribution >= 0.6 is 0 Å². The molecule has 1 fully saturated rings. The van der Waals surface area contributed by atoms with Gasteiger partial charge in [-0.25, -0.2) is 18.1 Å². The second-order valence-corrected chi connectivity index (χ2v) is 9.43. The van der Waals surface area contributed by atoms with Gasteiger partial charge in [0.25, 0.3) is 5.91 Å². The monoisotopic (exact) mass is 436 g/mol. The summed E-state index contributed by atoms with van der Waals surface area (Å²) in [5.74, 6) is 5.05. The molecule has 2 atom stereocenters. The number of likely N-dealkylation sites (N-methyl/N-ethyl adjacent to an activating group) is 1. The molecule has 1 aliphatic heterocycles. The highest BCUT2D eigenvalue weighted by molar-refractivity contribution is 7.91. The molecule has 3 heterocycles. The number of hydrogen-bond acceptors (Lipinski definition) is 6. The molecule has 0 unspecified atom stereocenters. The third kappa shape index (κ3) is 4.50. The first-order valence-corrected chi connectivity index (χ1v) is 11.4. The maximum atomic E-state index is 13.0. The Labute approximate surface area is 180 Å². The summed E-state index contributed by atoms with van der Waals surface area (Å²) in [6.07, 6.45) is 3.96. The number of aromatic nitrogens is 3. The lowest BCUT2D eigenvalue weighted by atomic mass is 10.1. The lowest BCUT2D eigenvalue weighted by Crippen LogP contribution is -2.44. The van der Waals surface area contributed by atoms with Crippen LogP contribution in [-0.4, -0.2) is 69.8 Å². The quantitative estimate of drug-likeness (QED) is 0.612. The van der Waals surface area contributed by atoms with Gasteiger partial charge in [-0.3, -0.25) is 4.79 Å². The molecular formula is C22H20N4O4S. The molecule has 1 aliphatic rings. The summed E-state index contributed by atoms with van der Waals surface area (Å²) in [6, 6.07) is 11.4. The van der Waals surface area contributed by atoms with Crippen LogP contribution in [-0.2, 0) is 9.84 Å². The minimum Gasteiger partial charge on any atom is -0.390 e. The number of carbonyl (C=O) groups is 1. The maximum absolute atomic E-state index is 13.0. The van der Waals surface area contributed by atoms with Crippen molar-refractivity contribution in [3.05, 3.63) is 77.9 Å². The highest BCUT2D eigenvalue weighted by Gasteiger charge is 2.40. The third-order valence-electron chi connectivity index (χ3n) is 5.10. The smallest absolute Gasteiger partial charge is 0.254 e. The van der Waals surface area contributed by atoms with Gasteiger partial charge in [-0.05, 0) is 42.3 Å². The molecule has 0 spiro atoms. The van der Waals surface area contributed by atoms with Crippen LogP contribution < -0.4 is 0 Å².